The minimum atomic E-state index is -3.18. The molecule has 0 radical (unpaired) electrons. The van der Waals surface area contributed by atoms with Gasteiger partial charge in [-0.1, -0.05) is 6.07 Å². The number of unbranched alkanes of at least 4 members (excludes halogenated alkanes) is 1. The van der Waals surface area contributed by atoms with Gasteiger partial charge in [-0.2, -0.15) is 0 Å². The van der Waals surface area contributed by atoms with E-state index in [9.17, 15) is 8.42 Å². The first-order valence-corrected chi connectivity index (χ1v) is 7.59. The largest absolute Gasteiger partial charge is 0.264 e. The van der Waals surface area contributed by atoms with Crippen molar-refractivity contribution in [3.8, 4) is 0 Å². The van der Waals surface area contributed by atoms with Crippen LogP contribution in [0.1, 0.15) is 18.4 Å². The summed E-state index contributed by atoms with van der Waals surface area (Å²) < 4.78 is 25.1. The van der Waals surface area contributed by atoms with Crippen molar-refractivity contribution in [2.45, 2.75) is 19.4 Å². The number of hydrogen-bond donors (Lipinski definition) is 0. The fraction of sp³-hybridized carbons (Fsp3) is 0.545. The van der Waals surface area contributed by atoms with Gasteiger partial charge in [-0.25, -0.2) is 12.7 Å². The summed E-state index contributed by atoms with van der Waals surface area (Å²) in [6.45, 7) is 0.358. The molecule has 0 unspecified atom stereocenters. The molecule has 0 fully saturated rings. The number of nitrogens with zero attached hydrogens (tertiary/aromatic N) is 2. The molecule has 0 aliphatic heterocycles. The van der Waals surface area contributed by atoms with E-state index in [2.05, 4.69) is 4.98 Å². The van der Waals surface area contributed by atoms with Gasteiger partial charge in [-0.05, 0) is 24.5 Å². The number of pyridine rings is 1. The maximum Gasteiger partial charge on any atom is 0.214 e. The lowest BCUT2D eigenvalue weighted by molar-refractivity contribution is 0.464. The van der Waals surface area contributed by atoms with Crippen LogP contribution in [0.15, 0.2) is 24.5 Å². The summed E-state index contributed by atoms with van der Waals surface area (Å²) in [6.07, 6.45) is 4.66. The molecule has 0 aromatic carbocycles. The van der Waals surface area contributed by atoms with E-state index in [1.54, 1.807) is 25.5 Å². The fourth-order valence-corrected chi connectivity index (χ4v) is 2.80. The molecule has 1 rings (SSSR count). The third-order valence-electron chi connectivity index (χ3n) is 2.39. The average Bonchev–Trinajstić information content (AvgIpc) is 2.30. The molecule has 1 heterocycles. The van der Waals surface area contributed by atoms with E-state index < -0.39 is 10.0 Å². The number of hydrogen-bond acceptors (Lipinski definition) is 3. The first kappa shape index (κ1) is 14.4. The van der Waals surface area contributed by atoms with Gasteiger partial charge < -0.3 is 0 Å². The zero-order valence-corrected chi connectivity index (χ0v) is 11.4. The van der Waals surface area contributed by atoms with Crippen molar-refractivity contribution in [2.75, 3.05) is 18.7 Å². The summed E-state index contributed by atoms with van der Waals surface area (Å²) in [5, 5.41) is 0. The summed E-state index contributed by atoms with van der Waals surface area (Å²) in [5.41, 5.74) is 0.885. The molecule has 4 nitrogen and oxygen atoms in total. The Morgan fingerprint density at radius 2 is 2.18 bits per heavy atom. The highest BCUT2D eigenvalue weighted by Crippen LogP contribution is 2.08. The highest BCUT2D eigenvalue weighted by Gasteiger charge is 2.17. The molecular weight excluding hydrogens is 260 g/mol. The summed E-state index contributed by atoms with van der Waals surface area (Å²) >= 11 is 5.52. The molecule has 17 heavy (non-hydrogen) atoms. The minimum Gasteiger partial charge on any atom is -0.264 e. The van der Waals surface area contributed by atoms with Crippen LogP contribution in [0.5, 0.6) is 0 Å². The summed E-state index contributed by atoms with van der Waals surface area (Å²) in [6, 6.07) is 3.65. The van der Waals surface area contributed by atoms with Gasteiger partial charge in [-0.15, -0.1) is 11.6 Å². The van der Waals surface area contributed by atoms with Gasteiger partial charge in [-0.3, -0.25) is 4.98 Å². The first-order chi connectivity index (χ1) is 8.06. The molecule has 1 aromatic rings. The number of rotatable bonds is 7. The second-order valence-electron chi connectivity index (χ2n) is 3.83. The van der Waals surface area contributed by atoms with Crippen LogP contribution in [0.25, 0.3) is 0 Å². The molecule has 0 atom stereocenters. The van der Waals surface area contributed by atoms with Crippen molar-refractivity contribution >= 4 is 21.6 Å². The van der Waals surface area contributed by atoms with Crippen molar-refractivity contribution in [1.82, 2.24) is 9.29 Å². The molecule has 0 aliphatic carbocycles. The number of alkyl halides is 1. The Bertz CT molecular complexity index is 422. The number of sulfonamides is 1. The molecular formula is C11H17ClN2O2S. The highest BCUT2D eigenvalue weighted by atomic mass is 35.5. The fourth-order valence-electron chi connectivity index (χ4n) is 1.38. The predicted octanol–water partition coefficient (Wildman–Crippen LogP) is 1.86. The van der Waals surface area contributed by atoms with Gasteiger partial charge in [0.1, 0.15) is 0 Å². The van der Waals surface area contributed by atoms with Gasteiger partial charge in [0.2, 0.25) is 10.0 Å². The summed E-state index contributed by atoms with van der Waals surface area (Å²) in [4.78, 5) is 3.96. The van der Waals surface area contributed by atoms with E-state index >= 15 is 0 Å². The quantitative estimate of drug-likeness (QED) is 0.564. The minimum absolute atomic E-state index is 0.149. The van der Waals surface area contributed by atoms with Crippen molar-refractivity contribution in [2.24, 2.45) is 0 Å². The highest BCUT2D eigenvalue weighted by molar-refractivity contribution is 7.89. The molecule has 0 spiro atoms. The zero-order chi connectivity index (χ0) is 12.7. The van der Waals surface area contributed by atoms with Gasteiger partial charge in [0.15, 0.2) is 0 Å². The molecule has 96 valence electrons. The Morgan fingerprint density at radius 1 is 1.41 bits per heavy atom. The lowest BCUT2D eigenvalue weighted by Crippen LogP contribution is -2.28. The SMILES string of the molecule is CN(Cc1cccnc1)S(=O)(=O)CCCCCl. The van der Waals surface area contributed by atoms with Crippen LogP contribution in [0.4, 0.5) is 0 Å². The smallest absolute Gasteiger partial charge is 0.214 e. The Kier molecular flexibility index (Phi) is 5.88. The molecule has 0 amide bonds. The second-order valence-corrected chi connectivity index (χ2v) is 6.40. The van der Waals surface area contributed by atoms with Crippen molar-refractivity contribution in [1.29, 1.82) is 0 Å². The number of halogens is 1. The van der Waals surface area contributed by atoms with E-state index in [-0.39, 0.29) is 5.75 Å². The van der Waals surface area contributed by atoms with Gasteiger partial charge >= 0.3 is 0 Å². The van der Waals surface area contributed by atoms with Crippen LogP contribution in [0, 0.1) is 0 Å². The Labute approximate surface area is 108 Å². The summed E-state index contributed by atoms with van der Waals surface area (Å²) in [5.74, 6) is 0.651. The maximum atomic E-state index is 11.9. The Balaban J connectivity index is 2.54. The van der Waals surface area contributed by atoms with Gasteiger partial charge in [0, 0.05) is 31.9 Å². The Hall–Kier alpha value is -0.650. The maximum absolute atomic E-state index is 11.9. The van der Waals surface area contributed by atoms with E-state index in [0.29, 0.717) is 18.8 Å². The van der Waals surface area contributed by atoms with Gasteiger partial charge in [0.25, 0.3) is 0 Å². The predicted molar refractivity (Wildman–Crippen MR) is 69.4 cm³/mol. The molecule has 0 aliphatic rings. The number of aromatic nitrogens is 1. The van der Waals surface area contributed by atoms with E-state index in [0.717, 1.165) is 12.0 Å². The van der Waals surface area contributed by atoms with Gasteiger partial charge in [0.05, 0.1) is 5.75 Å². The van der Waals surface area contributed by atoms with E-state index in [1.807, 2.05) is 6.07 Å². The van der Waals surface area contributed by atoms with Crippen molar-refractivity contribution in [3.05, 3.63) is 30.1 Å². The lowest BCUT2D eigenvalue weighted by Gasteiger charge is -2.16. The third-order valence-corrected chi connectivity index (χ3v) is 4.54. The van der Waals surface area contributed by atoms with Crippen LogP contribution in [-0.2, 0) is 16.6 Å². The zero-order valence-electron chi connectivity index (χ0n) is 9.84. The molecule has 6 heteroatoms. The molecule has 1 aromatic heterocycles. The molecule has 0 saturated heterocycles. The lowest BCUT2D eigenvalue weighted by atomic mass is 10.3. The van der Waals surface area contributed by atoms with Crippen molar-refractivity contribution in [3.63, 3.8) is 0 Å². The molecule has 0 N–H and O–H groups in total. The van der Waals surface area contributed by atoms with Crippen LogP contribution < -0.4 is 0 Å². The second kappa shape index (κ2) is 6.93. The van der Waals surface area contributed by atoms with E-state index in [4.69, 9.17) is 11.6 Å². The molecule has 0 saturated carbocycles. The Morgan fingerprint density at radius 3 is 2.76 bits per heavy atom. The topological polar surface area (TPSA) is 50.3 Å². The monoisotopic (exact) mass is 276 g/mol. The first-order valence-electron chi connectivity index (χ1n) is 5.45. The standard InChI is InChI=1S/C11H17ClN2O2S/c1-14(10-11-5-4-7-13-9-11)17(15,16)8-3-2-6-12/h4-5,7,9H,2-3,6,8,10H2,1H3. The normalized spacial score (nSPS) is 11.9. The van der Waals surface area contributed by atoms with Crippen LogP contribution in [0.3, 0.4) is 0 Å². The summed E-state index contributed by atoms with van der Waals surface area (Å²) in [7, 11) is -1.60. The van der Waals surface area contributed by atoms with Crippen molar-refractivity contribution < 1.29 is 8.42 Å². The van der Waals surface area contributed by atoms with E-state index in [1.165, 1.54) is 4.31 Å². The third kappa shape index (κ3) is 5.02. The average molecular weight is 277 g/mol. The molecule has 0 bridgehead atoms. The van der Waals surface area contributed by atoms with Crippen LogP contribution >= 0.6 is 11.6 Å². The van der Waals surface area contributed by atoms with Crippen LogP contribution in [0.2, 0.25) is 0 Å². The van der Waals surface area contributed by atoms with Crippen LogP contribution in [-0.4, -0.2) is 36.4 Å².